The van der Waals surface area contributed by atoms with E-state index < -0.39 is 5.91 Å². The minimum Gasteiger partial charge on any atom is -0.465 e. The lowest BCUT2D eigenvalue weighted by atomic mass is 10.0. The molecule has 28 heavy (non-hydrogen) atoms. The lowest BCUT2D eigenvalue weighted by Gasteiger charge is -2.29. The van der Waals surface area contributed by atoms with E-state index in [0.29, 0.717) is 12.2 Å². The van der Waals surface area contributed by atoms with Crippen LogP contribution in [0.2, 0.25) is 0 Å². The van der Waals surface area contributed by atoms with Gasteiger partial charge in [-0.3, -0.25) is 9.59 Å². The van der Waals surface area contributed by atoms with E-state index in [2.05, 4.69) is 6.08 Å². The van der Waals surface area contributed by atoms with Gasteiger partial charge in [0.25, 0.3) is 5.91 Å². The van der Waals surface area contributed by atoms with Crippen LogP contribution in [0.3, 0.4) is 0 Å². The van der Waals surface area contributed by atoms with Crippen molar-refractivity contribution in [1.82, 2.24) is 4.90 Å². The SMILES string of the molecule is CN(C(=O)C1=COC=C(C2=CC=CCC2)O1)C(CC(N)=O)Cc1ccccc1. The molecule has 0 fully saturated rings. The normalized spacial score (nSPS) is 16.7. The number of amides is 2. The molecule has 146 valence electrons. The quantitative estimate of drug-likeness (QED) is 0.788. The van der Waals surface area contributed by atoms with Crippen molar-refractivity contribution in [1.29, 1.82) is 0 Å². The van der Waals surface area contributed by atoms with E-state index >= 15 is 0 Å². The first kappa shape index (κ1) is 19.5. The van der Waals surface area contributed by atoms with Crippen molar-refractivity contribution in [2.45, 2.75) is 31.7 Å². The van der Waals surface area contributed by atoms with Gasteiger partial charge in [-0.25, -0.2) is 0 Å². The van der Waals surface area contributed by atoms with Crippen molar-refractivity contribution in [2.75, 3.05) is 7.05 Å². The Balaban J connectivity index is 1.71. The van der Waals surface area contributed by atoms with Crippen molar-refractivity contribution >= 4 is 11.8 Å². The van der Waals surface area contributed by atoms with Crippen LogP contribution in [0.5, 0.6) is 0 Å². The van der Waals surface area contributed by atoms with Gasteiger partial charge in [-0.15, -0.1) is 0 Å². The Morgan fingerprint density at radius 3 is 2.68 bits per heavy atom. The Labute approximate surface area is 164 Å². The van der Waals surface area contributed by atoms with Gasteiger partial charge in [0.2, 0.25) is 11.7 Å². The van der Waals surface area contributed by atoms with Crippen molar-refractivity contribution in [3.05, 3.63) is 83.7 Å². The Hall–Kier alpha value is -3.28. The number of primary amides is 1. The minimum atomic E-state index is -0.463. The van der Waals surface area contributed by atoms with Crippen LogP contribution < -0.4 is 5.73 Å². The smallest absolute Gasteiger partial charge is 0.292 e. The van der Waals surface area contributed by atoms with Gasteiger partial charge in [-0.2, -0.15) is 0 Å². The number of ether oxygens (including phenoxy) is 2. The highest BCUT2D eigenvalue weighted by molar-refractivity contribution is 5.92. The van der Waals surface area contributed by atoms with Crippen molar-refractivity contribution in [2.24, 2.45) is 5.73 Å². The highest BCUT2D eigenvalue weighted by atomic mass is 16.5. The molecule has 1 aliphatic heterocycles. The van der Waals surface area contributed by atoms with Gasteiger partial charge in [-0.05, 0) is 30.4 Å². The van der Waals surface area contributed by atoms with Crippen molar-refractivity contribution in [3.8, 4) is 0 Å². The number of hydrogen-bond donors (Lipinski definition) is 1. The summed E-state index contributed by atoms with van der Waals surface area (Å²) in [6.07, 6.45) is 11.1. The monoisotopic (exact) mass is 380 g/mol. The summed E-state index contributed by atoms with van der Waals surface area (Å²) in [5.41, 5.74) is 7.40. The Morgan fingerprint density at radius 1 is 1.21 bits per heavy atom. The van der Waals surface area contributed by atoms with Crippen molar-refractivity contribution in [3.63, 3.8) is 0 Å². The molecule has 2 amide bonds. The Morgan fingerprint density at radius 2 is 2.00 bits per heavy atom. The number of carbonyl (C=O) groups is 2. The second-order valence-corrected chi connectivity index (χ2v) is 6.79. The zero-order valence-corrected chi connectivity index (χ0v) is 15.8. The number of nitrogens with two attached hydrogens (primary N) is 1. The highest BCUT2D eigenvalue weighted by Gasteiger charge is 2.28. The maximum absolute atomic E-state index is 13.0. The number of allylic oxidation sites excluding steroid dienone is 4. The van der Waals surface area contributed by atoms with Crippen LogP contribution in [0.15, 0.2) is 78.2 Å². The fraction of sp³-hybridized carbons (Fsp3) is 0.273. The fourth-order valence-electron chi connectivity index (χ4n) is 3.17. The van der Waals surface area contributed by atoms with Crippen molar-refractivity contribution < 1.29 is 19.1 Å². The maximum Gasteiger partial charge on any atom is 0.292 e. The molecule has 1 aromatic rings. The zero-order chi connectivity index (χ0) is 19.9. The molecule has 0 saturated carbocycles. The average molecular weight is 380 g/mol. The van der Waals surface area contributed by atoms with E-state index in [1.807, 2.05) is 42.5 Å². The number of hydrogen-bond acceptors (Lipinski definition) is 4. The number of likely N-dealkylation sites (N-methyl/N-ethyl adjacent to an activating group) is 1. The van der Waals surface area contributed by atoms with Crippen LogP contribution in [0.4, 0.5) is 0 Å². The van der Waals surface area contributed by atoms with E-state index in [0.717, 1.165) is 24.0 Å². The number of benzene rings is 1. The molecule has 2 N–H and O–H groups in total. The van der Waals surface area contributed by atoms with Gasteiger partial charge in [-0.1, -0.05) is 48.6 Å². The first-order chi connectivity index (χ1) is 13.5. The standard InChI is InChI=1S/C22H24N2O4/c1-24(18(13-21(23)25)12-16-8-4-2-5-9-16)22(26)20-15-27-14-19(28-20)17-10-6-3-7-11-17/h2-6,8-10,14-15,18H,7,11-13H2,1H3,(H2,23,25). The van der Waals surface area contributed by atoms with Crippen LogP contribution in [0.25, 0.3) is 0 Å². The average Bonchev–Trinajstić information content (AvgIpc) is 2.73. The molecule has 0 saturated heterocycles. The molecule has 0 radical (unpaired) electrons. The van der Waals surface area contributed by atoms with Gasteiger partial charge < -0.3 is 20.1 Å². The fourth-order valence-corrected chi connectivity index (χ4v) is 3.17. The summed E-state index contributed by atoms with van der Waals surface area (Å²) in [5, 5.41) is 0. The van der Waals surface area contributed by atoms with Gasteiger partial charge in [0.15, 0.2) is 5.76 Å². The van der Waals surface area contributed by atoms with E-state index in [-0.39, 0.29) is 24.1 Å². The highest BCUT2D eigenvalue weighted by Crippen LogP contribution is 2.27. The summed E-state index contributed by atoms with van der Waals surface area (Å²) < 4.78 is 11.1. The Bertz CT molecular complexity index is 853. The summed E-state index contributed by atoms with van der Waals surface area (Å²) in [6, 6.07) is 9.28. The predicted octanol–water partition coefficient (Wildman–Crippen LogP) is 2.94. The first-order valence-electron chi connectivity index (χ1n) is 9.23. The van der Waals surface area contributed by atoms with Gasteiger partial charge in [0, 0.05) is 19.5 Å². The molecule has 6 heteroatoms. The third-order valence-corrected chi connectivity index (χ3v) is 4.73. The molecule has 1 aliphatic carbocycles. The van der Waals surface area contributed by atoms with Crippen LogP contribution in [0, 0.1) is 0 Å². The maximum atomic E-state index is 13.0. The van der Waals surface area contributed by atoms with Crippen LogP contribution in [-0.4, -0.2) is 29.8 Å². The number of nitrogens with zero attached hydrogens (tertiary/aromatic N) is 1. The second kappa shape index (κ2) is 9.08. The van der Waals surface area contributed by atoms with E-state index in [4.69, 9.17) is 15.2 Å². The van der Waals surface area contributed by atoms with E-state index in [1.54, 1.807) is 7.05 Å². The first-order valence-corrected chi connectivity index (χ1v) is 9.23. The topological polar surface area (TPSA) is 81.9 Å². The Kier molecular flexibility index (Phi) is 6.32. The summed E-state index contributed by atoms with van der Waals surface area (Å²) in [6.45, 7) is 0. The van der Waals surface area contributed by atoms with Gasteiger partial charge >= 0.3 is 0 Å². The molecule has 3 rings (SSSR count). The third-order valence-electron chi connectivity index (χ3n) is 4.73. The second-order valence-electron chi connectivity index (χ2n) is 6.79. The van der Waals surface area contributed by atoms with Crippen LogP contribution >= 0.6 is 0 Å². The minimum absolute atomic E-state index is 0.0594. The molecule has 1 aromatic carbocycles. The molecule has 1 atom stereocenters. The van der Waals surface area contributed by atoms with E-state index in [9.17, 15) is 9.59 Å². The molecular formula is C22H24N2O4. The van der Waals surface area contributed by atoms with Crippen LogP contribution in [0.1, 0.15) is 24.8 Å². The molecule has 0 aromatic heterocycles. The number of carbonyl (C=O) groups excluding carboxylic acids is 2. The molecular weight excluding hydrogens is 356 g/mol. The molecule has 1 heterocycles. The molecule has 6 nitrogen and oxygen atoms in total. The van der Waals surface area contributed by atoms with Gasteiger partial charge in [0.1, 0.15) is 12.5 Å². The molecule has 2 aliphatic rings. The summed E-state index contributed by atoms with van der Waals surface area (Å²) in [5.74, 6) is -0.217. The third kappa shape index (κ3) is 4.91. The molecule has 0 bridgehead atoms. The molecule has 1 unspecified atom stereocenters. The predicted molar refractivity (Wildman–Crippen MR) is 105 cm³/mol. The van der Waals surface area contributed by atoms with E-state index in [1.165, 1.54) is 17.4 Å². The molecule has 0 spiro atoms. The summed E-state index contributed by atoms with van der Waals surface area (Å²) in [7, 11) is 1.64. The summed E-state index contributed by atoms with van der Waals surface area (Å²) in [4.78, 5) is 26.0. The van der Waals surface area contributed by atoms with Gasteiger partial charge in [0.05, 0.1) is 0 Å². The lowest BCUT2D eigenvalue weighted by Crippen LogP contribution is -2.42. The largest absolute Gasteiger partial charge is 0.465 e. The zero-order valence-electron chi connectivity index (χ0n) is 15.8. The van der Waals surface area contributed by atoms with Crippen LogP contribution in [-0.2, 0) is 25.5 Å². The summed E-state index contributed by atoms with van der Waals surface area (Å²) >= 11 is 0. The lowest BCUT2D eigenvalue weighted by molar-refractivity contribution is -0.132. The number of rotatable bonds is 7.